The molecule has 0 saturated heterocycles. The fourth-order valence-corrected chi connectivity index (χ4v) is 3.38. The zero-order valence-electron chi connectivity index (χ0n) is 11.0. The summed E-state index contributed by atoms with van der Waals surface area (Å²) in [7, 11) is 0. The molecule has 0 saturated carbocycles. The fourth-order valence-electron chi connectivity index (χ4n) is 3.03. The van der Waals surface area contributed by atoms with Gasteiger partial charge in [0.15, 0.2) is 0 Å². The zero-order chi connectivity index (χ0) is 13.5. The fraction of sp³-hybridized carbons (Fsp3) is 0.111. The Kier molecular flexibility index (Phi) is 2.78. The summed E-state index contributed by atoms with van der Waals surface area (Å²) in [5, 5.41) is 2.64. The maximum Gasteiger partial charge on any atom is 0.0549 e. The van der Waals surface area contributed by atoms with Gasteiger partial charge in [-0.25, -0.2) is 0 Å². The lowest BCUT2D eigenvalue weighted by atomic mass is 10.1. The minimum Gasteiger partial charge on any atom is -0.313 e. The van der Waals surface area contributed by atoms with Gasteiger partial charge in [-0.2, -0.15) is 0 Å². The lowest BCUT2D eigenvalue weighted by Crippen LogP contribution is -1.98. The summed E-state index contributed by atoms with van der Waals surface area (Å²) in [5.41, 5.74) is 3.95. The second-order valence-corrected chi connectivity index (χ2v) is 6.05. The van der Waals surface area contributed by atoms with Crippen LogP contribution in [0.5, 0.6) is 0 Å². The highest BCUT2D eigenvalue weighted by molar-refractivity contribution is 9.10. The topological polar surface area (TPSA) is 4.93 Å². The van der Waals surface area contributed by atoms with E-state index in [1.807, 2.05) is 0 Å². The van der Waals surface area contributed by atoms with E-state index in [-0.39, 0.29) is 0 Å². The van der Waals surface area contributed by atoms with E-state index in [0.717, 1.165) is 17.3 Å². The molecule has 20 heavy (non-hydrogen) atoms. The maximum absolute atomic E-state index is 3.60. The van der Waals surface area contributed by atoms with Gasteiger partial charge in [-0.05, 0) is 37.1 Å². The molecule has 0 spiro atoms. The largest absolute Gasteiger partial charge is 0.313 e. The van der Waals surface area contributed by atoms with Crippen LogP contribution < -0.4 is 0 Å². The standard InChI is InChI=1S/C18H14BrN/c19-13-10-11-16-15-8-4-5-9-17(15)20(18(16)12-13)14-6-2-1-3-7-14/h1-2,4-6,8-12H,3,7H2. The molecular formula is C18H14BrN. The Morgan fingerprint density at radius 1 is 0.950 bits per heavy atom. The van der Waals surface area contributed by atoms with Gasteiger partial charge in [0.1, 0.15) is 0 Å². The Labute approximate surface area is 126 Å². The third-order valence-electron chi connectivity index (χ3n) is 3.91. The molecule has 0 atom stereocenters. The van der Waals surface area contributed by atoms with Gasteiger partial charge in [-0.15, -0.1) is 0 Å². The van der Waals surface area contributed by atoms with Crippen LogP contribution in [0.4, 0.5) is 0 Å². The molecule has 1 aliphatic carbocycles. The summed E-state index contributed by atoms with van der Waals surface area (Å²) in [6, 6.07) is 15.2. The van der Waals surface area contributed by atoms with Gasteiger partial charge in [0.2, 0.25) is 0 Å². The van der Waals surface area contributed by atoms with E-state index < -0.39 is 0 Å². The molecule has 0 bridgehead atoms. The molecule has 1 aliphatic rings. The van der Waals surface area contributed by atoms with Gasteiger partial charge in [0.05, 0.1) is 11.0 Å². The Bertz CT molecular complexity index is 868. The number of fused-ring (bicyclic) bond motifs is 3. The second kappa shape index (κ2) is 4.64. The number of halogens is 1. The summed E-state index contributed by atoms with van der Waals surface area (Å²) in [5.74, 6) is 0. The average molecular weight is 324 g/mol. The number of benzene rings is 2. The number of para-hydroxylation sites is 1. The molecule has 0 N–H and O–H groups in total. The molecule has 0 amide bonds. The molecule has 2 heteroatoms. The van der Waals surface area contributed by atoms with Crippen LogP contribution in [0, 0.1) is 0 Å². The molecule has 4 rings (SSSR count). The van der Waals surface area contributed by atoms with Crippen LogP contribution in [-0.2, 0) is 0 Å². The minimum absolute atomic E-state index is 1.09. The Morgan fingerprint density at radius 2 is 1.80 bits per heavy atom. The van der Waals surface area contributed by atoms with Crippen molar-refractivity contribution in [3.63, 3.8) is 0 Å². The predicted octanol–water partition coefficient (Wildman–Crippen LogP) is 5.75. The number of allylic oxidation sites excluding steroid dienone is 4. The summed E-state index contributed by atoms with van der Waals surface area (Å²) in [6.07, 6.45) is 8.84. The second-order valence-electron chi connectivity index (χ2n) is 5.14. The number of aromatic nitrogens is 1. The molecule has 0 fully saturated rings. The Morgan fingerprint density at radius 3 is 2.65 bits per heavy atom. The molecule has 0 radical (unpaired) electrons. The van der Waals surface area contributed by atoms with Crippen LogP contribution in [0.3, 0.4) is 0 Å². The number of rotatable bonds is 1. The highest BCUT2D eigenvalue weighted by Gasteiger charge is 2.13. The molecule has 1 nitrogen and oxygen atoms in total. The predicted molar refractivity (Wildman–Crippen MR) is 89.8 cm³/mol. The van der Waals surface area contributed by atoms with Gasteiger partial charge >= 0.3 is 0 Å². The zero-order valence-corrected chi connectivity index (χ0v) is 12.6. The van der Waals surface area contributed by atoms with Gasteiger partial charge in [0, 0.05) is 20.9 Å². The van der Waals surface area contributed by atoms with Crippen molar-refractivity contribution in [1.29, 1.82) is 0 Å². The number of nitrogens with zero attached hydrogens (tertiary/aromatic N) is 1. The highest BCUT2D eigenvalue weighted by Crippen LogP contribution is 2.34. The van der Waals surface area contributed by atoms with Crippen LogP contribution in [0.2, 0.25) is 0 Å². The molecule has 1 heterocycles. The monoisotopic (exact) mass is 323 g/mol. The summed E-state index contributed by atoms with van der Waals surface area (Å²) >= 11 is 3.60. The molecule has 2 aromatic carbocycles. The molecule has 1 aromatic heterocycles. The molecule has 3 aromatic rings. The van der Waals surface area contributed by atoms with E-state index in [4.69, 9.17) is 0 Å². The van der Waals surface area contributed by atoms with E-state index in [0.29, 0.717) is 0 Å². The van der Waals surface area contributed by atoms with E-state index in [1.165, 1.54) is 27.5 Å². The van der Waals surface area contributed by atoms with Gasteiger partial charge in [0.25, 0.3) is 0 Å². The van der Waals surface area contributed by atoms with E-state index in [1.54, 1.807) is 0 Å². The lowest BCUT2D eigenvalue weighted by Gasteiger charge is -2.13. The van der Waals surface area contributed by atoms with Gasteiger partial charge in [-0.1, -0.05) is 52.3 Å². The van der Waals surface area contributed by atoms with Gasteiger partial charge in [-0.3, -0.25) is 0 Å². The van der Waals surface area contributed by atoms with Crippen LogP contribution in [0.1, 0.15) is 12.8 Å². The Hall–Kier alpha value is -1.80. The van der Waals surface area contributed by atoms with E-state index >= 15 is 0 Å². The number of hydrogen-bond donors (Lipinski definition) is 0. The van der Waals surface area contributed by atoms with Crippen molar-refractivity contribution < 1.29 is 0 Å². The lowest BCUT2D eigenvalue weighted by molar-refractivity contribution is 0.979. The third kappa shape index (κ3) is 1.75. The number of hydrogen-bond acceptors (Lipinski definition) is 0. The minimum atomic E-state index is 1.09. The Balaban J connectivity index is 2.17. The van der Waals surface area contributed by atoms with E-state index in [2.05, 4.69) is 81.2 Å². The average Bonchev–Trinajstić information content (AvgIpc) is 2.81. The van der Waals surface area contributed by atoms with Crippen LogP contribution in [-0.4, -0.2) is 4.57 Å². The highest BCUT2D eigenvalue weighted by atomic mass is 79.9. The summed E-state index contributed by atoms with van der Waals surface area (Å²) in [6.45, 7) is 0. The van der Waals surface area contributed by atoms with E-state index in [9.17, 15) is 0 Å². The first-order valence-corrected chi connectivity index (χ1v) is 7.69. The summed E-state index contributed by atoms with van der Waals surface area (Å²) in [4.78, 5) is 0. The third-order valence-corrected chi connectivity index (χ3v) is 4.41. The first-order chi connectivity index (χ1) is 9.84. The molecule has 0 unspecified atom stereocenters. The van der Waals surface area contributed by atoms with Crippen molar-refractivity contribution in [1.82, 2.24) is 4.57 Å². The van der Waals surface area contributed by atoms with Crippen molar-refractivity contribution in [2.75, 3.05) is 0 Å². The first-order valence-electron chi connectivity index (χ1n) is 6.89. The van der Waals surface area contributed by atoms with Crippen molar-refractivity contribution in [2.45, 2.75) is 12.8 Å². The molecule has 98 valence electrons. The normalized spacial score (nSPS) is 14.9. The first kappa shape index (κ1) is 12.0. The molecular weight excluding hydrogens is 310 g/mol. The van der Waals surface area contributed by atoms with Crippen molar-refractivity contribution in [3.8, 4) is 0 Å². The van der Waals surface area contributed by atoms with Crippen LogP contribution in [0.25, 0.3) is 27.5 Å². The van der Waals surface area contributed by atoms with Crippen LogP contribution >= 0.6 is 15.9 Å². The van der Waals surface area contributed by atoms with Gasteiger partial charge < -0.3 is 4.57 Å². The summed E-state index contributed by atoms with van der Waals surface area (Å²) < 4.78 is 3.53. The smallest absolute Gasteiger partial charge is 0.0549 e. The van der Waals surface area contributed by atoms with Crippen molar-refractivity contribution in [2.24, 2.45) is 0 Å². The SMILES string of the molecule is Brc1ccc2c3ccccc3n(C3=CC=CCC3)c2c1. The van der Waals surface area contributed by atoms with Crippen LogP contribution in [0.15, 0.2) is 65.2 Å². The molecule has 0 aliphatic heterocycles. The van der Waals surface area contributed by atoms with Crippen molar-refractivity contribution in [3.05, 3.63) is 65.2 Å². The van der Waals surface area contributed by atoms with Crippen molar-refractivity contribution >= 4 is 43.4 Å². The quantitative estimate of drug-likeness (QED) is 0.537. The maximum atomic E-state index is 3.60.